The van der Waals surface area contributed by atoms with E-state index in [4.69, 9.17) is 4.74 Å². The maximum Gasteiger partial charge on any atom is 0.243 e. The van der Waals surface area contributed by atoms with Crippen LogP contribution in [-0.4, -0.2) is 44.9 Å². The van der Waals surface area contributed by atoms with Crippen molar-refractivity contribution in [1.29, 1.82) is 0 Å². The van der Waals surface area contributed by atoms with Crippen LogP contribution in [0, 0.1) is 0 Å². The molecule has 0 unspecified atom stereocenters. The first-order chi connectivity index (χ1) is 8.93. The molecule has 1 saturated heterocycles. The molecule has 19 heavy (non-hydrogen) atoms. The fourth-order valence-electron chi connectivity index (χ4n) is 1.99. The fraction of sp³-hybridized carbons (Fsp3) is 0.417. The standard InChI is InChI=1S/C12H16N2O4S/c1-9-7-14(8-12(15)13-9)19(16,17)11-5-3-4-10(6-11)18-2/h3-6,9H,7-8H2,1-2H3,(H,13,15)/t9-/m0/s1. The van der Waals surface area contributed by atoms with Gasteiger partial charge in [-0.25, -0.2) is 8.42 Å². The molecule has 1 aliphatic rings. The lowest BCUT2D eigenvalue weighted by Crippen LogP contribution is -2.54. The van der Waals surface area contributed by atoms with Crippen molar-refractivity contribution < 1.29 is 17.9 Å². The summed E-state index contributed by atoms with van der Waals surface area (Å²) < 4.78 is 31.1. The Balaban J connectivity index is 2.33. The van der Waals surface area contributed by atoms with Crippen molar-refractivity contribution in [2.45, 2.75) is 17.9 Å². The number of methoxy groups -OCH3 is 1. The molecule has 2 rings (SSSR count). The Hall–Kier alpha value is -1.60. The average Bonchev–Trinajstić information content (AvgIpc) is 2.37. The largest absolute Gasteiger partial charge is 0.497 e. The molecule has 6 nitrogen and oxygen atoms in total. The van der Waals surface area contributed by atoms with E-state index in [0.717, 1.165) is 0 Å². The zero-order valence-electron chi connectivity index (χ0n) is 10.8. The molecule has 104 valence electrons. The van der Waals surface area contributed by atoms with Crippen LogP contribution in [-0.2, 0) is 14.8 Å². The van der Waals surface area contributed by atoms with Gasteiger partial charge in [0.05, 0.1) is 18.6 Å². The predicted octanol–water partition coefficient (Wildman–Crippen LogP) is 0.204. The third-order valence-corrected chi connectivity index (χ3v) is 4.69. The zero-order chi connectivity index (χ0) is 14.0. The first kappa shape index (κ1) is 13.8. The minimum Gasteiger partial charge on any atom is -0.497 e. The van der Waals surface area contributed by atoms with Gasteiger partial charge in [0.25, 0.3) is 0 Å². The SMILES string of the molecule is COc1cccc(S(=O)(=O)N2CC(=O)N[C@@H](C)C2)c1. The number of sulfonamides is 1. The van der Waals surface area contributed by atoms with Crippen molar-refractivity contribution in [3.8, 4) is 5.75 Å². The van der Waals surface area contributed by atoms with Gasteiger partial charge in [-0.1, -0.05) is 6.07 Å². The number of hydrogen-bond donors (Lipinski definition) is 1. The van der Waals surface area contributed by atoms with Crippen LogP contribution in [0.1, 0.15) is 6.92 Å². The van der Waals surface area contributed by atoms with Crippen LogP contribution in [0.2, 0.25) is 0 Å². The lowest BCUT2D eigenvalue weighted by molar-refractivity contribution is -0.123. The molecule has 1 amide bonds. The van der Waals surface area contributed by atoms with Gasteiger partial charge in [0.2, 0.25) is 15.9 Å². The van der Waals surface area contributed by atoms with Crippen molar-refractivity contribution >= 4 is 15.9 Å². The second-order valence-corrected chi connectivity index (χ2v) is 6.38. The number of hydrogen-bond acceptors (Lipinski definition) is 4. The van der Waals surface area contributed by atoms with E-state index < -0.39 is 10.0 Å². The molecule has 1 aromatic carbocycles. The second kappa shape index (κ2) is 5.18. The van der Waals surface area contributed by atoms with Gasteiger partial charge in [0.15, 0.2) is 0 Å². The number of rotatable bonds is 3. The molecule has 7 heteroatoms. The maximum atomic E-state index is 12.4. The Morgan fingerprint density at radius 1 is 1.42 bits per heavy atom. The van der Waals surface area contributed by atoms with Crippen LogP contribution in [0.3, 0.4) is 0 Å². The minimum absolute atomic E-state index is 0.133. The first-order valence-corrected chi connectivity index (χ1v) is 7.31. The summed E-state index contributed by atoms with van der Waals surface area (Å²) >= 11 is 0. The van der Waals surface area contributed by atoms with E-state index in [1.807, 2.05) is 0 Å². The highest BCUT2D eigenvalue weighted by Crippen LogP contribution is 2.21. The molecule has 1 N–H and O–H groups in total. The Morgan fingerprint density at radius 3 is 2.79 bits per heavy atom. The van der Waals surface area contributed by atoms with E-state index in [1.165, 1.54) is 23.5 Å². The lowest BCUT2D eigenvalue weighted by Gasteiger charge is -2.30. The number of carbonyl (C=O) groups is 1. The van der Waals surface area contributed by atoms with E-state index in [9.17, 15) is 13.2 Å². The normalized spacial score (nSPS) is 20.9. The Bertz CT molecular complexity index is 585. The number of piperazine rings is 1. The topological polar surface area (TPSA) is 75.7 Å². The third kappa shape index (κ3) is 2.87. The summed E-state index contributed by atoms with van der Waals surface area (Å²) in [5, 5.41) is 2.69. The van der Waals surface area contributed by atoms with E-state index in [2.05, 4.69) is 5.32 Å². The molecule has 0 aromatic heterocycles. The fourth-order valence-corrected chi connectivity index (χ4v) is 3.51. The monoisotopic (exact) mass is 284 g/mol. The van der Waals surface area contributed by atoms with Crippen molar-refractivity contribution in [2.75, 3.05) is 20.2 Å². The zero-order valence-corrected chi connectivity index (χ0v) is 11.6. The third-order valence-electron chi connectivity index (χ3n) is 2.88. The molecule has 0 bridgehead atoms. The maximum absolute atomic E-state index is 12.4. The van der Waals surface area contributed by atoms with Crippen molar-refractivity contribution in [3.63, 3.8) is 0 Å². The van der Waals surface area contributed by atoms with Crippen LogP contribution in [0.4, 0.5) is 0 Å². The van der Waals surface area contributed by atoms with Crippen LogP contribution < -0.4 is 10.1 Å². The Labute approximate surface area is 112 Å². The van der Waals surface area contributed by atoms with Crippen LogP contribution >= 0.6 is 0 Å². The number of nitrogens with zero attached hydrogens (tertiary/aromatic N) is 1. The number of benzene rings is 1. The number of carbonyl (C=O) groups excluding carboxylic acids is 1. The minimum atomic E-state index is -3.67. The molecule has 1 fully saturated rings. The number of nitrogens with one attached hydrogen (secondary N) is 1. The molecule has 0 aliphatic carbocycles. The molecule has 0 saturated carbocycles. The van der Waals surface area contributed by atoms with Gasteiger partial charge in [-0.3, -0.25) is 4.79 Å². The van der Waals surface area contributed by atoms with Gasteiger partial charge >= 0.3 is 0 Å². The molecular formula is C12H16N2O4S. The molecule has 1 heterocycles. The lowest BCUT2D eigenvalue weighted by atomic mass is 10.3. The van der Waals surface area contributed by atoms with E-state index in [1.54, 1.807) is 19.1 Å². The van der Waals surface area contributed by atoms with Gasteiger partial charge in [-0.15, -0.1) is 0 Å². The van der Waals surface area contributed by atoms with Gasteiger partial charge in [-0.2, -0.15) is 4.31 Å². The van der Waals surface area contributed by atoms with Crippen LogP contribution in [0.5, 0.6) is 5.75 Å². The molecule has 1 aliphatic heterocycles. The molecule has 0 radical (unpaired) electrons. The smallest absolute Gasteiger partial charge is 0.243 e. The summed E-state index contributed by atoms with van der Waals surface area (Å²) in [4.78, 5) is 11.6. The summed E-state index contributed by atoms with van der Waals surface area (Å²) in [6, 6.07) is 6.03. The van der Waals surface area contributed by atoms with Crippen molar-refractivity contribution in [2.24, 2.45) is 0 Å². The van der Waals surface area contributed by atoms with Crippen molar-refractivity contribution in [1.82, 2.24) is 9.62 Å². The van der Waals surface area contributed by atoms with Gasteiger partial charge in [-0.05, 0) is 19.1 Å². The number of amides is 1. The Morgan fingerprint density at radius 2 is 2.16 bits per heavy atom. The van der Waals surface area contributed by atoms with E-state index in [0.29, 0.717) is 5.75 Å². The molecule has 1 aromatic rings. The number of ether oxygens (including phenoxy) is 1. The van der Waals surface area contributed by atoms with E-state index >= 15 is 0 Å². The summed E-state index contributed by atoms with van der Waals surface area (Å²) in [5.74, 6) is 0.181. The Kier molecular flexibility index (Phi) is 3.77. The van der Waals surface area contributed by atoms with E-state index in [-0.39, 0.29) is 29.9 Å². The average molecular weight is 284 g/mol. The molecule has 0 spiro atoms. The van der Waals surface area contributed by atoms with Crippen LogP contribution in [0.15, 0.2) is 29.2 Å². The highest BCUT2D eigenvalue weighted by molar-refractivity contribution is 7.89. The summed E-state index contributed by atoms with van der Waals surface area (Å²) in [6.07, 6.45) is 0. The summed E-state index contributed by atoms with van der Waals surface area (Å²) in [5.41, 5.74) is 0. The highest BCUT2D eigenvalue weighted by Gasteiger charge is 2.32. The highest BCUT2D eigenvalue weighted by atomic mass is 32.2. The first-order valence-electron chi connectivity index (χ1n) is 5.87. The molecular weight excluding hydrogens is 268 g/mol. The quantitative estimate of drug-likeness (QED) is 0.860. The summed E-state index contributed by atoms with van der Waals surface area (Å²) in [6.45, 7) is 1.89. The van der Waals surface area contributed by atoms with Gasteiger partial charge in [0.1, 0.15) is 5.75 Å². The second-order valence-electron chi connectivity index (χ2n) is 4.45. The van der Waals surface area contributed by atoms with Gasteiger partial charge < -0.3 is 10.1 Å². The molecule has 1 atom stereocenters. The van der Waals surface area contributed by atoms with Gasteiger partial charge in [0, 0.05) is 18.7 Å². The predicted molar refractivity (Wildman–Crippen MR) is 69.4 cm³/mol. The van der Waals surface area contributed by atoms with Crippen molar-refractivity contribution in [3.05, 3.63) is 24.3 Å². The van der Waals surface area contributed by atoms with Crippen LogP contribution in [0.25, 0.3) is 0 Å². The summed E-state index contributed by atoms with van der Waals surface area (Å²) in [7, 11) is -2.19.